The zero-order chi connectivity index (χ0) is 11.6. The molecule has 5 nitrogen and oxygen atoms in total. The summed E-state index contributed by atoms with van der Waals surface area (Å²) in [6.07, 6.45) is -0.114. The van der Waals surface area contributed by atoms with E-state index in [1.165, 1.54) is 0 Å². The van der Waals surface area contributed by atoms with Gasteiger partial charge in [-0.2, -0.15) is 8.42 Å². The summed E-state index contributed by atoms with van der Waals surface area (Å²) in [7, 11) is -3.98. The first-order valence-corrected chi connectivity index (χ1v) is 6.16. The van der Waals surface area contributed by atoms with Crippen LogP contribution >= 0.6 is 0 Å². The number of hydrogen-bond acceptors (Lipinski definition) is 5. The number of ether oxygens (including phenoxy) is 1. The normalized spacial score (nSPS) is 19.4. The summed E-state index contributed by atoms with van der Waals surface area (Å²) in [4.78, 5) is 0. The standard InChI is InChI=1S/C10H12O5S/c1-8-2-4-9(5-3-8)15-16(11,12)14-7-10-6-13-10/h2-5,10H,6-7H2,1H3/t10-/m1/s1. The van der Waals surface area contributed by atoms with E-state index < -0.39 is 10.4 Å². The second-order valence-electron chi connectivity index (χ2n) is 3.54. The van der Waals surface area contributed by atoms with E-state index in [9.17, 15) is 8.42 Å². The van der Waals surface area contributed by atoms with Crippen LogP contribution in [0.3, 0.4) is 0 Å². The first-order valence-electron chi connectivity index (χ1n) is 4.82. The van der Waals surface area contributed by atoms with Crippen molar-refractivity contribution in [1.82, 2.24) is 0 Å². The molecule has 0 saturated carbocycles. The Bertz CT molecular complexity index is 447. The van der Waals surface area contributed by atoms with Crippen molar-refractivity contribution in [1.29, 1.82) is 0 Å². The van der Waals surface area contributed by atoms with E-state index in [0.29, 0.717) is 6.61 Å². The largest absolute Gasteiger partial charge is 0.449 e. The second kappa shape index (κ2) is 4.40. The van der Waals surface area contributed by atoms with Crippen LogP contribution in [0.4, 0.5) is 0 Å². The molecular weight excluding hydrogens is 232 g/mol. The molecule has 88 valence electrons. The third kappa shape index (κ3) is 3.48. The van der Waals surface area contributed by atoms with Gasteiger partial charge in [0.15, 0.2) is 0 Å². The minimum atomic E-state index is -3.98. The Balaban J connectivity index is 1.93. The molecule has 1 aromatic carbocycles. The fourth-order valence-electron chi connectivity index (χ4n) is 1.06. The fraction of sp³-hybridized carbons (Fsp3) is 0.400. The predicted molar refractivity (Wildman–Crippen MR) is 56.4 cm³/mol. The van der Waals surface area contributed by atoms with Crippen molar-refractivity contribution in [3.63, 3.8) is 0 Å². The van der Waals surface area contributed by atoms with E-state index in [2.05, 4.69) is 4.18 Å². The molecule has 0 bridgehead atoms. The van der Waals surface area contributed by atoms with Crippen molar-refractivity contribution < 1.29 is 21.5 Å². The molecule has 1 fully saturated rings. The monoisotopic (exact) mass is 244 g/mol. The van der Waals surface area contributed by atoms with Crippen LogP contribution in [0.25, 0.3) is 0 Å². The topological polar surface area (TPSA) is 65.1 Å². The molecule has 0 aromatic heterocycles. The lowest BCUT2D eigenvalue weighted by Crippen LogP contribution is -2.16. The third-order valence-electron chi connectivity index (χ3n) is 2.02. The summed E-state index contributed by atoms with van der Waals surface area (Å²) in [5, 5.41) is 0. The molecule has 0 spiro atoms. The lowest BCUT2D eigenvalue weighted by molar-refractivity contribution is 0.239. The first kappa shape index (κ1) is 11.4. The Labute approximate surface area is 94.3 Å². The van der Waals surface area contributed by atoms with Gasteiger partial charge in [-0.3, -0.25) is 0 Å². The molecule has 6 heteroatoms. The number of hydrogen-bond donors (Lipinski definition) is 0. The molecule has 1 aliphatic heterocycles. The van der Waals surface area contributed by atoms with Crippen LogP contribution in [-0.4, -0.2) is 27.7 Å². The summed E-state index contributed by atoms with van der Waals surface area (Å²) in [6.45, 7) is 2.45. The minimum absolute atomic E-state index is 0.00813. The van der Waals surface area contributed by atoms with E-state index in [4.69, 9.17) is 8.92 Å². The zero-order valence-corrected chi connectivity index (χ0v) is 9.57. The smallest absolute Gasteiger partial charge is 0.371 e. The highest BCUT2D eigenvalue weighted by atomic mass is 32.3. The predicted octanol–water partition coefficient (Wildman–Crippen LogP) is 1.03. The van der Waals surface area contributed by atoms with Crippen molar-refractivity contribution >= 4 is 10.4 Å². The molecule has 1 atom stereocenters. The van der Waals surface area contributed by atoms with Gasteiger partial charge in [0.05, 0.1) is 13.2 Å². The van der Waals surface area contributed by atoms with Gasteiger partial charge in [-0.25, -0.2) is 4.18 Å². The maximum Gasteiger partial charge on any atom is 0.449 e. The van der Waals surface area contributed by atoms with Crippen LogP contribution < -0.4 is 4.18 Å². The molecule has 2 rings (SSSR count). The molecule has 0 amide bonds. The quantitative estimate of drug-likeness (QED) is 0.724. The van der Waals surface area contributed by atoms with Gasteiger partial charge < -0.3 is 8.92 Å². The molecule has 0 N–H and O–H groups in total. The number of epoxide rings is 1. The minimum Gasteiger partial charge on any atom is -0.371 e. The zero-order valence-electron chi connectivity index (χ0n) is 8.75. The molecule has 16 heavy (non-hydrogen) atoms. The van der Waals surface area contributed by atoms with E-state index in [1.807, 2.05) is 6.92 Å². The van der Waals surface area contributed by atoms with Crippen molar-refractivity contribution in [2.75, 3.05) is 13.2 Å². The number of rotatable bonds is 5. The highest BCUT2D eigenvalue weighted by Crippen LogP contribution is 2.16. The average Bonchev–Trinajstić information content (AvgIpc) is 3.02. The number of benzene rings is 1. The highest BCUT2D eigenvalue weighted by molar-refractivity contribution is 7.82. The molecule has 1 aliphatic rings. The van der Waals surface area contributed by atoms with Crippen molar-refractivity contribution in [3.05, 3.63) is 29.8 Å². The maximum atomic E-state index is 11.3. The Morgan fingerprint density at radius 2 is 2.00 bits per heavy atom. The van der Waals surface area contributed by atoms with Gasteiger partial charge in [0.2, 0.25) is 0 Å². The molecule has 1 aromatic rings. The Morgan fingerprint density at radius 1 is 1.38 bits per heavy atom. The summed E-state index contributed by atoms with van der Waals surface area (Å²) in [5.74, 6) is 0.238. The Morgan fingerprint density at radius 3 is 2.56 bits per heavy atom. The van der Waals surface area contributed by atoms with Crippen LogP contribution in [0.1, 0.15) is 5.56 Å². The van der Waals surface area contributed by atoms with Gasteiger partial charge in [0, 0.05) is 0 Å². The van der Waals surface area contributed by atoms with Crippen molar-refractivity contribution in [2.45, 2.75) is 13.0 Å². The van der Waals surface area contributed by atoms with Crippen LogP contribution in [0.15, 0.2) is 24.3 Å². The second-order valence-corrected chi connectivity index (χ2v) is 4.76. The third-order valence-corrected chi connectivity index (χ3v) is 2.84. The van der Waals surface area contributed by atoms with Gasteiger partial charge in [0.25, 0.3) is 0 Å². The van der Waals surface area contributed by atoms with Crippen LogP contribution in [0.2, 0.25) is 0 Å². The summed E-state index contributed by atoms with van der Waals surface area (Å²) >= 11 is 0. The molecule has 0 radical (unpaired) electrons. The van der Waals surface area contributed by atoms with Gasteiger partial charge in [-0.1, -0.05) is 17.7 Å². The summed E-state index contributed by atoms with van der Waals surface area (Å²) in [5.41, 5.74) is 1.03. The SMILES string of the molecule is Cc1ccc(OS(=O)(=O)OC[C@H]2CO2)cc1. The van der Waals surface area contributed by atoms with Gasteiger partial charge >= 0.3 is 10.4 Å². The lowest BCUT2D eigenvalue weighted by Gasteiger charge is -2.05. The maximum absolute atomic E-state index is 11.3. The fourth-order valence-corrected chi connectivity index (χ4v) is 1.77. The van der Waals surface area contributed by atoms with Crippen molar-refractivity contribution in [3.8, 4) is 5.75 Å². The van der Waals surface area contributed by atoms with Crippen LogP contribution in [0, 0.1) is 6.92 Å². The van der Waals surface area contributed by atoms with E-state index in [1.54, 1.807) is 24.3 Å². The summed E-state index contributed by atoms with van der Waals surface area (Å²) in [6, 6.07) is 6.66. The average molecular weight is 244 g/mol. The highest BCUT2D eigenvalue weighted by Gasteiger charge is 2.26. The molecule has 0 aliphatic carbocycles. The Hall–Kier alpha value is -1.11. The van der Waals surface area contributed by atoms with Gasteiger partial charge in [-0.15, -0.1) is 0 Å². The lowest BCUT2D eigenvalue weighted by atomic mass is 10.2. The molecule has 1 saturated heterocycles. The Kier molecular flexibility index (Phi) is 3.13. The van der Waals surface area contributed by atoms with E-state index in [0.717, 1.165) is 5.56 Å². The van der Waals surface area contributed by atoms with Crippen LogP contribution in [0.5, 0.6) is 5.75 Å². The molecule has 1 heterocycles. The van der Waals surface area contributed by atoms with Gasteiger partial charge in [-0.05, 0) is 19.1 Å². The number of aryl methyl sites for hydroxylation is 1. The van der Waals surface area contributed by atoms with Crippen LogP contribution in [-0.2, 0) is 19.3 Å². The van der Waals surface area contributed by atoms with Gasteiger partial charge in [0.1, 0.15) is 11.9 Å². The summed E-state index contributed by atoms with van der Waals surface area (Å²) < 4.78 is 36.8. The van der Waals surface area contributed by atoms with E-state index >= 15 is 0 Å². The molecule has 0 unspecified atom stereocenters. The van der Waals surface area contributed by atoms with Crippen molar-refractivity contribution in [2.24, 2.45) is 0 Å². The molecular formula is C10H12O5S. The first-order chi connectivity index (χ1) is 7.55. The van der Waals surface area contributed by atoms with E-state index in [-0.39, 0.29) is 18.5 Å².